The summed E-state index contributed by atoms with van der Waals surface area (Å²) in [5.74, 6) is 6.72. The van der Waals surface area contributed by atoms with Crippen LogP contribution in [-0.4, -0.2) is 42.9 Å². The molecule has 1 N–H and O–H groups in total. The molecule has 0 spiro atoms. The minimum Gasteiger partial charge on any atom is -0.379 e. The van der Waals surface area contributed by atoms with Gasteiger partial charge in [-0.25, -0.2) is 0 Å². The first-order valence-corrected chi connectivity index (χ1v) is 8.37. The molecule has 126 valence electrons. The van der Waals surface area contributed by atoms with Gasteiger partial charge in [0.2, 0.25) is 0 Å². The highest BCUT2D eigenvalue weighted by atomic mass is 35.5. The molecular weight excluding hydrogens is 310 g/mol. The maximum atomic E-state index is 11.3. The van der Waals surface area contributed by atoms with Crippen LogP contribution < -0.4 is 0 Å². The molecule has 23 heavy (non-hydrogen) atoms. The summed E-state index contributed by atoms with van der Waals surface area (Å²) in [5.41, 5.74) is -0.0549. The Balaban J connectivity index is 0.00000192. The topological polar surface area (TPSA) is 32.7 Å². The second kappa shape index (κ2) is 8.70. The van der Waals surface area contributed by atoms with E-state index >= 15 is 0 Å². The molecule has 2 fully saturated rings. The third-order valence-electron chi connectivity index (χ3n) is 4.85. The van der Waals surface area contributed by atoms with Crippen molar-refractivity contribution in [2.45, 2.75) is 31.3 Å². The molecule has 3 rings (SSSR count). The minimum atomic E-state index is -0.996. The summed E-state index contributed by atoms with van der Waals surface area (Å²) in [5, 5.41) is 11.3. The summed E-state index contributed by atoms with van der Waals surface area (Å²) < 4.78 is 5.36. The molecule has 4 heteroatoms. The van der Waals surface area contributed by atoms with E-state index in [1.165, 1.54) is 12.8 Å². The molecule has 1 aliphatic carbocycles. The van der Waals surface area contributed by atoms with Gasteiger partial charge in [-0.1, -0.05) is 55.0 Å². The number of ether oxygens (including phenoxy) is 1. The Morgan fingerprint density at radius 3 is 2.43 bits per heavy atom. The summed E-state index contributed by atoms with van der Waals surface area (Å²) in [4.78, 5) is 2.29. The first-order chi connectivity index (χ1) is 10.8. The Morgan fingerprint density at radius 1 is 1.13 bits per heavy atom. The van der Waals surface area contributed by atoms with Gasteiger partial charge in [-0.3, -0.25) is 4.90 Å². The number of benzene rings is 1. The fourth-order valence-corrected chi connectivity index (χ4v) is 3.49. The minimum absolute atomic E-state index is 0. The summed E-state index contributed by atoms with van der Waals surface area (Å²) in [6, 6.07) is 9.96. The van der Waals surface area contributed by atoms with Crippen LogP contribution in [-0.2, 0) is 10.3 Å². The number of rotatable bonds is 3. The first-order valence-electron chi connectivity index (χ1n) is 8.37. The molecule has 1 unspecified atom stereocenters. The van der Waals surface area contributed by atoms with Gasteiger partial charge in [0.1, 0.15) is 0 Å². The Labute approximate surface area is 145 Å². The molecule has 1 saturated heterocycles. The average molecular weight is 336 g/mol. The Bertz CT molecular complexity index is 527. The maximum Gasteiger partial charge on any atom is 0.153 e. The van der Waals surface area contributed by atoms with Crippen molar-refractivity contribution in [1.82, 2.24) is 4.90 Å². The van der Waals surface area contributed by atoms with Gasteiger partial charge < -0.3 is 9.84 Å². The molecule has 1 atom stereocenters. The molecule has 2 aliphatic rings. The van der Waals surface area contributed by atoms with E-state index in [9.17, 15) is 5.11 Å². The lowest BCUT2D eigenvalue weighted by Gasteiger charge is -2.30. The normalized spacial score (nSPS) is 21.8. The molecule has 0 amide bonds. The Hall–Kier alpha value is -1.05. The van der Waals surface area contributed by atoms with Crippen LogP contribution in [0, 0.1) is 17.8 Å². The fraction of sp³-hybridized carbons (Fsp3) is 0.579. The van der Waals surface area contributed by atoms with Crippen molar-refractivity contribution in [3.8, 4) is 11.8 Å². The zero-order valence-electron chi connectivity index (χ0n) is 13.5. The summed E-state index contributed by atoms with van der Waals surface area (Å²) in [6.07, 6.45) is 4.53. The molecule has 1 aliphatic heterocycles. The average Bonchev–Trinajstić information content (AvgIpc) is 3.12. The van der Waals surface area contributed by atoms with Crippen LogP contribution in [0.25, 0.3) is 0 Å². The molecule has 1 heterocycles. The second-order valence-electron chi connectivity index (χ2n) is 6.30. The lowest BCUT2D eigenvalue weighted by molar-refractivity contribution is 0.0356. The van der Waals surface area contributed by atoms with E-state index in [0.29, 0.717) is 6.54 Å². The van der Waals surface area contributed by atoms with Crippen LogP contribution in [0.3, 0.4) is 0 Å². The van der Waals surface area contributed by atoms with Crippen molar-refractivity contribution < 1.29 is 9.84 Å². The van der Waals surface area contributed by atoms with Gasteiger partial charge in [0.15, 0.2) is 5.60 Å². The van der Waals surface area contributed by atoms with Crippen LogP contribution in [0.1, 0.15) is 31.2 Å². The highest BCUT2D eigenvalue weighted by molar-refractivity contribution is 5.85. The van der Waals surface area contributed by atoms with E-state index in [0.717, 1.165) is 44.7 Å². The predicted molar refractivity (Wildman–Crippen MR) is 94.6 cm³/mol. The maximum absolute atomic E-state index is 11.3. The van der Waals surface area contributed by atoms with E-state index in [1.54, 1.807) is 0 Å². The molecule has 0 radical (unpaired) electrons. The lowest BCUT2D eigenvalue weighted by Crippen LogP contribution is -2.37. The van der Waals surface area contributed by atoms with Crippen LogP contribution in [0.4, 0.5) is 0 Å². The van der Waals surface area contributed by atoms with Gasteiger partial charge in [0.05, 0.1) is 19.8 Å². The molecule has 1 aromatic carbocycles. The molecule has 0 bridgehead atoms. The van der Waals surface area contributed by atoms with Gasteiger partial charge in [0.25, 0.3) is 0 Å². The van der Waals surface area contributed by atoms with E-state index in [-0.39, 0.29) is 18.3 Å². The van der Waals surface area contributed by atoms with Gasteiger partial charge in [0, 0.05) is 19.0 Å². The van der Waals surface area contributed by atoms with E-state index in [2.05, 4.69) is 16.7 Å². The number of nitrogens with zero attached hydrogens (tertiary/aromatic N) is 1. The van der Waals surface area contributed by atoms with Crippen molar-refractivity contribution >= 4 is 12.4 Å². The van der Waals surface area contributed by atoms with Gasteiger partial charge in [-0.05, 0) is 18.4 Å². The van der Waals surface area contributed by atoms with Gasteiger partial charge in [-0.15, -0.1) is 12.4 Å². The Morgan fingerprint density at radius 2 is 1.78 bits per heavy atom. The second-order valence-corrected chi connectivity index (χ2v) is 6.30. The third-order valence-corrected chi connectivity index (χ3v) is 4.85. The zero-order chi connectivity index (χ0) is 15.3. The van der Waals surface area contributed by atoms with Crippen molar-refractivity contribution in [1.29, 1.82) is 0 Å². The largest absolute Gasteiger partial charge is 0.379 e. The summed E-state index contributed by atoms with van der Waals surface area (Å²) >= 11 is 0. The van der Waals surface area contributed by atoms with Crippen LogP contribution in [0.15, 0.2) is 30.3 Å². The van der Waals surface area contributed by atoms with Crippen LogP contribution >= 0.6 is 12.4 Å². The predicted octanol–water partition coefficient (Wildman–Crippen LogP) is 2.82. The fourth-order valence-electron chi connectivity index (χ4n) is 3.49. The number of halogens is 1. The van der Waals surface area contributed by atoms with Crippen molar-refractivity contribution in [3.63, 3.8) is 0 Å². The van der Waals surface area contributed by atoms with Gasteiger partial charge >= 0.3 is 0 Å². The van der Waals surface area contributed by atoms with E-state index in [1.807, 2.05) is 30.3 Å². The SMILES string of the molecule is Cl.OC(C#CCN1CCOCC1)(c1ccccc1)C1CCCC1. The molecule has 1 aromatic rings. The van der Waals surface area contributed by atoms with Crippen LogP contribution in [0.2, 0.25) is 0 Å². The molecule has 1 saturated carbocycles. The lowest BCUT2D eigenvalue weighted by atomic mass is 9.80. The van der Waals surface area contributed by atoms with Crippen molar-refractivity contribution in [2.24, 2.45) is 5.92 Å². The number of hydrogen-bond acceptors (Lipinski definition) is 3. The quantitative estimate of drug-likeness (QED) is 0.862. The standard InChI is InChI=1S/C19H25NO2.ClH/c21-19(18-9-4-5-10-18,17-7-2-1-3-8-17)11-6-12-20-13-15-22-16-14-20;/h1-3,7-8,18,21H,4-5,9-10,12-16H2;1H. The van der Waals surface area contributed by atoms with E-state index < -0.39 is 5.60 Å². The van der Waals surface area contributed by atoms with E-state index in [4.69, 9.17) is 4.74 Å². The van der Waals surface area contributed by atoms with Crippen molar-refractivity contribution in [3.05, 3.63) is 35.9 Å². The summed E-state index contributed by atoms with van der Waals surface area (Å²) in [7, 11) is 0. The molecular formula is C19H26ClNO2. The molecule has 3 nitrogen and oxygen atoms in total. The number of morpholine rings is 1. The third kappa shape index (κ3) is 4.49. The number of hydrogen-bond donors (Lipinski definition) is 1. The zero-order valence-corrected chi connectivity index (χ0v) is 14.4. The van der Waals surface area contributed by atoms with Crippen molar-refractivity contribution in [2.75, 3.05) is 32.8 Å². The number of aliphatic hydroxyl groups is 1. The highest BCUT2D eigenvalue weighted by Gasteiger charge is 2.38. The molecule has 0 aromatic heterocycles. The highest BCUT2D eigenvalue weighted by Crippen LogP contribution is 2.40. The Kier molecular flexibility index (Phi) is 6.92. The first kappa shape index (κ1) is 18.3. The van der Waals surface area contributed by atoms with Gasteiger partial charge in [-0.2, -0.15) is 0 Å². The monoisotopic (exact) mass is 335 g/mol. The summed E-state index contributed by atoms with van der Waals surface area (Å²) in [6.45, 7) is 4.15. The van der Waals surface area contributed by atoms with Crippen LogP contribution in [0.5, 0.6) is 0 Å². The smallest absolute Gasteiger partial charge is 0.153 e.